The van der Waals surface area contributed by atoms with Crippen molar-refractivity contribution in [1.29, 1.82) is 5.26 Å². The predicted octanol–water partition coefficient (Wildman–Crippen LogP) is 3.79. The summed E-state index contributed by atoms with van der Waals surface area (Å²) in [6.45, 7) is 4.21. The average Bonchev–Trinajstić information content (AvgIpc) is 3.36. The number of hydrogen-bond donors (Lipinski definition) is 0. The predicted molar refractivity (Wildman–Crippen MR) is 111 cm³/mol. The molecule has 0 spiro atoms. The fourth-order valence-electron chi connectivity index (χ4n) is 3.56. The molecule has 3 aromatic rings. The molecule has 0 unspecified atom stereocenters. The molecule has 4 rings (SSSR count). The van der Waals surface area contributed by atoms with Gasteiger partial charge in [0.2, 0.25) is 12.6 Å². The Balaban J connectivity index is 1.45. The van der Waals surface area contributed by atoms with Crippen LogP contribution in [0.25, 0.3) is 0 Å². The molecule has 0 radical (unpaired) electrons. The highest BCUT2D eigenvalue weighted by atomic mass is 16.7. The van der Waals surface area contributed by atoms with Crippen LogP contribution in [-0.4, -0.2) is 29.7 Å². The van der Waals surface area contributed by atoms with Crippen molar-refractivity contribution in [1.82, 2.24) is 4.57 Å². The van der Waals surface area contributed by atoms with Gasteiger partial charge in [-0.15, -0.1) is 0 Å². The van der Waals surface area contributed by atoms with Gasteiger partial charge in [-0.25, -0.2) is 4.79 Å². The molecule has 0 N–H and O–H groups in total. The summed E-state index contributed by atoms with van der Waals surface area (Å²) < 4.78 is 18.0. The normalized spacial score (nSPS) is 11.8. The number of nitriles is 1. The molecular formula is C24H20N2O5. The van der Waals surface area contributed by atoms with E-state index < -0.39 is 5.97 Å². The number of hydrogen-bond acceptors (Lipinski definition) is 6. The third-order valence-corrected chi connectivity index (χ3v) is 5.21. The van der Waals surface area contributed by atoms with Crippen LogP contribution >= 0.6 is 0 Å². The van der Waals surface area contributed by atoms with Gasteiger partial charge in [-0.3, -0.25) is 4.79 Å². The van der Waals surface area contributed by atoms with E-state index in [9.17, 15) is 9.59 Å². The van der Waals surface area contributed by atoms with Gasteiger partial charge in [0.05, 0.1) is 17.2 Å². The molecule has 156 valence electrons. The smallest absolute Gasteiger partial charge is 0.338 e. The highest BCUT2D eigenvalue weighted by Gasteiger charge is 2.19. The monoisotopic (exact) mass is 416 g/mol. The van der Waals surface area contributed by atoms with Crippen molar-refractivity contribution in [2.75, 3.05) is 13.4 Å². The fraction of sp³-hybridized carbons (Fsp3) is 0.208. The van der Waals surface area contributed by atoms with Crippen molar-refractivity contribution in [2.45, 2.75) is 20.4 Å². The number of nitrogens with zero attached hydrogens (tertiary/aromatic N) is 2. The topological polar surface area (TPSA) is 90.6 Å². The van der Waals surface area contributed by atoms with Crippen LogP contribution in [-0.2, 0) is 11.3 Å². The number of carbonyl (C=O) groups excluding carboxylic acids is 2. The average molecular weight is 416 g/mol. The van der Waals surface area contributed by atoms with E-state index in [1.54, 1.807) is 24.3 Å². The minimum atomic E-state index is -0.639. The number of carbonyl (C=O) groups is 2. The van der Waals surface area contributed by atoms with Crippen molar-refractivity contribution < 1.29 is 23.8 Å². The number of Topliss-reactive ketones (excluding diaryl/α,β-unsaturated/α-hetero) is 1. The van der Waals surface area contributed by atoms with Gasteiger partial charge in [-0.1, -0.05) is 12.1 Å². The molecule has 7 nitrogen and oxygen atoms in total. The number of ether oxygens (including phenoxy) is 3. The van der Waals surface area contributed by atoms with Crippen molar-refractivity contribution in [3.63, 3.8) is 0 Å². The van der Waals surface area contributed by atoms with Crippen molar-refractivity contribution in [2.24, 2.45) is 0 Å². The highest BCUT2D eigenvalue weighted by molar-refractivity contribution is 6.00. The minimum absolute atomic E-state index is 0.221. The van der Waals surface area contributed by atoms with Crippen LogP contribution in [0.3, 0.4) is 0 Å². The molecule has 1 aliphatic rings. The SMILES string of the molecule is Cc1cc(C(=O)COC(=O)c2cccc(C#N)c2)c(C)n1Cc1ccc2c(c1)OCO2. The number of fused-ring (bicyclic) bond motifs is 1. The Bertz CT molecular complexity index is 1220. The highest BCUT2D eigenvalue weighted by Crippen LogP contribution is 2.33. The summed E-state index contributed by atoms with van der Waals surface area (Å²) in [5.74, 6) is 0.515. The van der Waals surface area contributed by atoms with Crippen molar-refractivity contribution in [3.8, 4) is 17.6 Å². The Kier molecular flexibility index (Phi) is 5.46. The van der Waals surface area contributed by atoms with Crippen LogP contribution in [0.4, 0.5) is 0 Å². The first-order chi connectivity index (χ1) is 15.0. The summed E-state index contributed by atoms with van der Waals surface area (Å²) in [6, 6.07) is 15.7. The lowest BCUT2D eigenvalue weighted by atomic mass is 10.1. The van der Waals surface area contributed by atoms with E-state index in [1.807, 2.05) is 42.7 Å². The molecule has 0 atom stereocenters. The summed E-state index contributed by atoms with van der Waals surface area (Å²) in [4.78, 5) is 24.9. The summed E-state index contributed by atoms with van der Waals surface area (Å²) in [5.41, 5.74) is 3.84. The lowest BCUT2D eigenvalue weighted by Crippen LogP contribution is -2.15. The largest absolute Gasteiger partial charge is 0.454 e. The van der Waals surface area contributed by atoms with Gasteiger partial charge in [0.15, 0.2) is 18.1 Å². The third-order valence-electron chi connectivity index (χ3n) is 5.21. The quantitative estimate of drug-likeness (QED) is 0.449. The van der Waals surface area contributed by atoms with Gasteiger partial charge in [0.1, 0.15) is 0 Å². The Hall–Kier alpha value is -4.05. The Morgan fingerprint density at radius 1 is 1.10 bits per heavy atom. The molecule has 7 heteroatoms. The molecule has 0 aliphatic carbocycles. The molecule has 0 bridgehead atoms. The van der Waals surface area contributed by atoms with Gasteiger partial charge < -0.3 is 18.8 Å². The maximum atomic E-state index is 12.7. The lowest BCUT2D eigenvalue weighted by Gasteiger charge is -2.11. The second-order valence-electron chi connectivity index (χ2n) is 7.25. The molecule has 0 fully saturated rings. The van der Waals surface area contributed by atoms with E-state index in [1.165, 1.54) is 6.07 Å². The summed E-state index contributed by atoms with van der Waals surface area (Å²) in [7, 11) is 0. The second kappa shape index (κ2) is 8.36. The molecular weight excluding hydrogens is 396 g/mol. The van der Waals surface area contributed by atoms with E-state index in [0.29, 0.717) is 23.4 Å². The summed E-state index contributed by atoms with van der Waals surface area (Å²) in [6.07, 6.45) is 0. The van der Waals surface area contributed by atoms with E-state index in [0.717, 1.165) is 22.7 Å². The number of esters is 1. The molecule has 1 aliphatic heterocycles. The van der Waals surface area contributed by atoms with Crippen molar-refractivity contribution >= 4 is 11.8 Å². The zero-order valence-corrected chi connectivity index (χ0v) is 17.2. The van der Waals surface area contributed by atoms with E-state index in [2.05, 4.69) is 0 Å². The molecule has 2 aromatic carbocycles. The molecule has 1 aromatic heterocycles. The second-order valence-corrected chi connectivity index (χ2v) is 7.25. The number of aromatic nitrogens is 1. The van der Waals surface area contributed by atoms with Crippen LogP contribution in [0.5, 0.6) is 11.5 Å². The molecule has 0 saturated carbocycles. The molecule has 0 saturated heterocycles. The Morgan fingerprint density at radius 2 is 1.90 bits per heavy atom. The van der Waals surface area contributed by atoms with Gasteiger partial charge in [0.25, 0.3) is 0 Å². The number of aryl methyl sites for hydroxylation is 1. The number of rotatable bonds is 6. The number of benzene rings is 2. The molecule has 2 heterocycles. The first-order valence-corrected chi connectivity index (χ1v) is 9.72. The summed E-state index contributed by atoms with van der Waals surface area (Å²) in [5, 5.41) is 8.95. The van der Waals surface area contributed by atoms with Gasteiger partial charge in [-0.2, -0.15) is 5.26 Å². The van der Waals surface area contributed by atoms with Crippen LogP contribution in [0.15, 0.2) is 48.5 Å². The van der Waals surface area contributed by atoms with E-state index in [-0.39, 0.29) is 24.7 Å². The summed E-state index contributed by atoms with van der Waals surface area (Å²) >= 11 is 0. The van der Waals surface area contributed by atoms with Crippen LogP contribution in [0, 0.1) is 25.2 Å². The maximum Gasteiger partial charge on any atom is 0.338 e. The minimum Gasteiger partial charge on any atom is -0.454 e. The van der Waals surface area contributed by atoms with Gasteiger partial charge in [-0.05, 0) is 55.8 Å². The first kappa shape index (κ1) is 20.2. The van der Waals surface area contributed by atoms with Crippen LogP contribution < -0.4 is 9.47 Å². The fourth-order valence-corrected chi connectivity index (χ4v) is 3.56. The van der Waals surface area contributed by atoms with Crippen molar-refractivity contribution in [3.05, 3.63) is 82.2 Å². The zero-order valence-electron chi connectivity index (χ0n) is 17.2. The first-order valence-electron chi connectivity index (χ1n) is 9.72. The zero-order chi connectivity index (χ0) is 22.0. The standard InChI is InChI=1S/C24H20N2O5/c1-15-8-20(21(27)13-29-24(28)19-5-3-4-17(9-19)11-25)16(2)26(15)12-18-6-7-22-23(10-18)31-14-30-22/h3-10H,12-14H2,1-2H3. The Morgan fingerprint density at radius 3 is 2.71 bits per heavy atom. The maximum absolute atomic E-state index is 12.7. The molecule has 31 heavy (non-hydrogen) atoms. The van der Waals surface area contributed by atoms with E-state index in [4.69, 9.17) is 19.5 Å². The molecule has 0 amide bonds. The number of ketones is 1. The van der Waals surface area contributed by atoms with Crippen LogP contribution in [0.2, 0.25) is 0 Å². The third kappa shape index (κ3) is 4.14. The van der Waals surface area contributed by atoms with Crippen LogP contribution in [0.1, 0.15) is 43.2 Å². The van der Waals surface area contributed by atoms with Gasteiger partial charge in [0, 0.05) is 23.5 Å². The Labute approximate surface area is 179 Å². The van der Waals surface area contributed by atoms with Gasteiger partial charge >= 0.3 is 5.97 Å². The van der Waals surface area contributed by atoms with E-state index >= 15 is 0 Å². The lowest BCUT2D eigenvalue weighted by molar-refractivity contribution is 0.0474.